The van der Waals surface area contributed by atoms with Crippen LogP contribution in [0.4, 0.5) is 13.2 Å². The summed E-state index contributed by atoms with van der Waals surface area (Å²) in [6.45, 7) is 1.90. The topological polar surface area (TPSA) is 43.6 Å². The monoisotopic (exact) mass is 646 g/mol. The second kappa shape index (κ2) is 10.0. The molecule has 0 aliphatic carbocycles. The number of aryl methyl sites for hydroxylation is 1. The molecule has 0 saturated carbocycles. The molecular weight excluding hydrogens is 633 g/mol. The number of hydrogen-bond acceptors (Lipinski definition) is 3. The van der Waals surface area contributed by atoms with Crippen molar-refractivity contribution in [2.45, 2.75) is 13.1 Å². The quantitative estimate of drug-likeness (QED) is 0.195. The molecule has 0 N–H and O–H groups in total. The highest BCUT2D eigenvalue weighted by molar-refractivity contribution is 9.10. The molecule has 0 bridgehead atoms. The van der Waals surface area contributed by atoms with Crippen LogP contribution in [0.1, 0.15) is 11.3 Å². The maximum Gasteiger partial charge on any atom is 0.433 e. The fourth-order valence-corrected chi connectivity index (χ4v) is 4.60. The van der Waals surface area contributed by atoms with Gasteiger partial charge in [0.25, 0.3) is 5.95 Å². The van der Waals surface area contributed by atoms with Crippen LogP contribution in [-0.4, -0.2) is 19.7 Å². The van der Waals surface area contributed by atoms with Crippen LogP contribution in [0.5, 0.6) is 0 Å². The molecule has 0 fully saturated rings. The highest BCUT2D eigenvalue weighted by Crippen LogP contribution is 2.39. The zero-order chi connectivity index (χ0) is 26.3. The molecule has 186 valence electrons. The van der Waals surface area contributed by atoms with Crippen molar-refractivity contribution in [3.8, 4) is 39.7 Å². The van der Waals surface area contributed by atoms with Crippen LogP contribution in [0.2, 0.25) is 5.02 Å². The van der Waals surface area contributed by atoms with Crippen molar-refractivity contribution in [2.24, 2.45) is 0 Å². The zero-order valence-electron chi connectivity index (χ0n) is 19.1. The summed E-state index contributed by atoms with van der Waals surface area (Å²) in [7, 11) is 0. The van der Waals surface area contributed by atoms with Crippen LogP contribution >= 0.6 is 43.5 Å². The predicted molar refractivity (Wildman–Crippen MR) is 146 cm³/mol. The Labute approximate surface area is 232 Å². The first kappa shape index (κ1) is 25.6. The van der Waals surface area contributed by atoms with Gasteiger partial charge >= 0.3 is 6.18 Å². The molecule has 0 aliphatic rings. The molecule has 2 aromatic heterocycles. The Morgan fingerprint density at radius 1 is 0.757 bits per heavy atom. The average Bonchev–Trinajstić information content (AvgIpc) is 3.21. The number of benzene rings is 3. The second-order valence-electron chi connectivity index (χ2n) is 8.24. The number of hydrogen-bond donors (Lipinski definition) is 0. The van der Waals surface area contributed by atoms with E-state index in [1.54, 1.807) is 24.3 Å². The van der Waals surface area contributed by atoms with E-state index in [2.05, 4.69) is 46.9 Å². The zero-order valence-corrected chi connectivity index (χ0v) is 23.0. The Balaban J connectivity index is 1.78. The van der Waals surface area contributed by atoms with Crippen LogP contribution in [0.3, 0.4) is 0 Å². The van der Waals surface area contributed by atoms with Crippen LogP contribution in [0, 0.1) is 6.92 Å². The van der Waals surface area contributed by atoms with E-state index in [0.717, 1.165) is 20.6 Å². The van der Waals surface area contributed by atoms with E-state index in [1.807, 2.05) is 55.5 Å². The number of halogens is 6. The van der Waals surface area contributed by atoms with Crippen molar-refractivity contribution < 1.29 is 13.2 Å². The number of rotatable bonds is 4. The molecule has 37 heavy (non-hydrogen) atoms. The molecule has 0 saturated heterocycles. The third-order valence-electron chi connectivity index (χ3n) is 5.60. The Morgan fingerprint density at radius 2 is 1.30 bits per heavy atom. The number of alkyl halides is 3. The summed E-state index contributed by atoms with van der Waals surface area (Å²) >= 11 is 13.7. The summed E-state index contributed by atoms with van der Waals surface area (Å²) in [6, 6.07) is 22.5. The van der Waals surface area contributed by atoms with Crippen molar-refractivity contribution in [1.29, 1.82) is 0 Å². The van der Waals surface area contributed by atoms with Crippen LogP contribution < -0.4 is 0 Å². The molecule has 10 heteroatoms. The van der Waals surface area contributed by atoms with Gasteiger partial charge in [0.05, 0.1) is 16.4 Å². The van der Waals surface area contributed by atoms with Crippen molar-refractivity contribution in [3.63, 3.8) is 0 Å². The van der Waals surface area contributed by atoms with E-state index in [1.165, 1.54) is 4.68 Å². The minimum Gasteiger partial charge on any atom is -0.211 e. The molecule has 5 rings (SSSR count). The van der Waals surface area contributed by atoms with Gasteiger partial charge in [-0.2, -0.15) is 23.0 Å². The first-order valence-corrected chi connectivity index (χ1v) is 12.9. The molecule has 3 aromatic carbocycles. The van der Waals surface area contributed by atoms with Crippen molar-refractivity contribution in [2.75, 3.05) is 0 Å². The Hall–Kier alpha value is -3.01. The third kappa shape index (κ3) is 5.35. The van der Waals surface area contributed by atoms with Gasteiger partial charge in [-0.3, -0.25) is 0 Å². The van der Waals surface area contributed by atoms with E-state index in [-0.39, 0.29) is 16.7 Å². The van der Waals surface area contributed by atoms with Gasteiger partial charge in [0.15, 0.2) is 5.69 Å². The van der Waals surface area contributed by atoms with E-state index < -0.39 is 11.9 Å². The Bertz CT molecular complexity index is 1580. The molecule has 0 radical (unpaired) electrons. The first-order chi connectivity index (χ1) is 17.6. The molecule has 2 heterocycles. The van der Waals surface area contributed by atoms with Gasteiger partial charge < -0.3 is 0 Å². The number of aromatic nitrogens is 4. The fourth-order valence-electron chi connectivity index (χ4n) is 3.74. The Kier molecular flexibility index (Phi) is 6.95. The smallest absolute Gasteiger partial charge is 0.211 e. The van der Waals surface area contributed by atoms with E-state index in [0.29, 0.717) is 28.1 Å². The van der Waals surface area contributed by atoms with E-state index >= 15 is 0 Å². The summed E-state index contributed by atoms with van der Waals surface area (Å²) < 4.78 is 44.8. The van der Waals surface area contributed by atoms with Gasteiger partial charge in [-0.15, -0.1) is 0 Å². The van der Waals surface area contributed by atoms with Gasteiger partial charge in [0, 0.05) is 25.6 Å². The number of nitrogens with zero attached hydrogens (tertiary/aromatic N) is 4. The largest absolute Gasteiger partial charge is 0.433 e. The lowest BCUT2D eigenvalue weighted by atomic mass is 10.1. The summed E-state index contributed by atoms with van der Waals surface area (Å²) in [5.74, 6) is -0.242. The fraction of sp³-hybridized carbons (Fsp3) is 0.0741. The van der Waals surface area contributed by atoms with Gasteiger partial charge in [-0.25, -0.2) is 9.97 Å². The summed E-state index contributed by atoms with van der Waals surface area (Å²) in [6.07, 6.45) is -4.69. The van der Waals surface area contributed by atoms with Crippen molar-refractivity contribution >= 4 is 43.5 Å². The summed E-state index contributed by atoms with van der Waals surface area (Å²) in [5, 5.41) is 4.88. The predicted octanol–water partition coefficient (Wildman–Crippen LogP) is 9.17. The van der Waals surface area contributed by atoms with E-state index in [9.17, 15) is 13.2 Å². The molecule has 0 atom stereocenters. The average molecular weight is 649 g/mol. The van der Waals surface area contributed by atoms with Crippen LogP contribution in [0.25, 0.3) is 39.7 Å². The van der Waals surface area contributed by atoms with Crippen LogP contribution in [-0.2, 0) is 6.18 Å². The molecule has 0 spiro atoms. The molecule has 4 nitrogen and oxygen atoms in total. The normalized spacial score (nSPS) is 11.6. The summed E-state index contributed by atoms with van der Waals surface area (Å²) in [5.41, 5.74) is 2.65. The SMILES string of the molecule is Cc1ccc(-c2cc(C(F)(F)F)nc(-n3nc(-c4ccc(Br)cc4)c(Cl)c3-c3ccc(Br)cc3)n2)cc1. The van der Waals surface area contributed by atoms with Gasteiger partial charge in [-0.1, -0.05) is 97.6 Å². The van der Waals surface area contributed by atoms with Crippen LogP contribution in [0.15, 0.2) is 87.8 Å². The minimum absolute atomic E-state index is 0.121. The van der Waals surface area contributed by atoms with E-state index in [4.69, 9.17) is 11.6 Å². The summed E-state index contributed by atoms with van der Waals surface area (Å²) in [4.78, 5) is 8.37. The maximum atomic E-state index is 13.9. The lowest BCUT2D eigenvalue weighted by Gasteiger charge is -2.13. The highest BCUT2D eigenvalue weighted by atomic mass is 79.9. The lowest BCUT2D eigenvalue weighted by Crippen LogP contribution is -2.14. The lowest BCUT2D eigenvalue weighted by molar-refractivity contribution is -0.141. The molecule has 0 amide bonds. The maximum absolute atomic E-state index is 13.9. The molecule has 0 unspecified atom stereocenters. The van der Waals surface area contributed by atoms with Crippen molar-refractivity contribution in [3.05, 3.63) is 104 Å². The first-order valence-electron chi connectivity index (χ1n) is 10.9. The standard InChI is InChI=1S/C27H16Br2ClF3N4/c1-15-2-4-16(5-3-15)21-14-22(27(31,32)33)35-26(34-21)37-25(18-8-12-20(29)13-9-18)23(30)24(36-37)17-6-10-19(28)11-7-17/h2-14H,1H3. The van der Waals surface area contributed by atoms with Gasteiger partial charge in [-0.05, 0) is 37.3 Å². The minimum atomic E-state index is -4.69. The van der Waals surface area contributed by atoms with Gasteiger partial charge in [0.1, 0.15) is 5.69 Å². The van der Waals surface area contributed by atoms with Crippen molar-refractivity contribution in [1.82, 2.24) is 19.7 Å². The molecule has 0 aliphatic heterocycles. The van der Waals surface area contributed by atoms with Gasteiger partial charge in [0.2, 0.25) is 0 Å². The second-order valence-corrected chi connectivity index (χ2v) is 10.4. The third-order valence-corrected chi connectivity index (χ3v) is 7.02. The highest BCUT2D eigenvalue weighted by Gasteiger charge is 2.34. The molecular formula is C27H16Br2ClF3N4. The Morgan fingerprint density at radius 3 is 1.86 bits per heavy atom. The molecule has 5 aromatic rings.